The number of aliphatic carboxylic acids is 1. The minimum absolute atomic E-state index is 0.223. The first kappa shape index (κ1) is 11.7. The average Bonchev–Trinajstić information content (AvgIpc) is 2.77. The molecular formula is C12H11NO3S. The molecule has 1 heterocycles. The topological polar surface area (TPSA) is 69.9 Å². The van der Waals surface area contributed by atoms with Crippen molar-refractivity contribution in [3.8, 4) is 5.75 Å². The monoisotopic (exact) mass is 249 g/mol. The van der Waals surface area contributed by atoms with Gasteiger partial charge in [-0.3, -0.25) is 4.99 Å². The van der Waals surface area contributed by atoms with Gasteiger partial charge in [-0.2, -0.15) is 0 Å². The van der Waals surface area contributed by atoms with Crippen molar-refractivity contribution in [2.45, 2.75) is 6.04 Å². The number of carbonyl (C=O) groups is 1. The van der Waals surface area contributed by atoms with E-state index in [2.05, 4.69) is 4.99 Å². The van der Waals surface area contributed by atoms with E-state index in [0.29, 0.717) is 5.75 Å². The van der Waals surface area contributed by atoms with Gasteiger partial charge in [0.1, 0.15) is 5.75 Å². The van der Waals surface area contributed by atoms with Gasteiger partial charge in [0.2, 0.25) is 0 Å². The molecule has 1 aliphatic rings. The molecule has 0 spiro atoms. The number of aliphatic imine (C=N–C) groups is 1. The van der Waals surface area contributed by atoms with Crippen LogP contribution in [0, 0.1) is 0 Å². The maximum absolute atomic E-state index is 10.7. The first-order valence-electron chi connectivity index (χ1n) is 5.05. The molecule has 2 rings (SSSR count). The van der Waals surface area contributed by atoms with Gasteiger partial charge in [-0.1, -0.05) is 18.2 Å². The third kappa shape index (κ3) is 3.10. The fourth-order valence-electron chi connectivity index (χ4n) is 1.36. The molecule has 88 valence electrons. The number of aromatic hydroxyl groups is 1. The standard InChI is InChI=1S/C12H11NO3S/c14-9-4-1-8(2-5-9)3-6-11-13-10(7-17-11)12(15)16/h1-6,10,14H,7H2,(H,15,16)/b6-3+/t10-/m1/s1. The van der Waals surface area contributed by atoms with Crippen molar-refractivity contribution in [3.05, 3.63) is 35.9 Å². The van der Waals surface area contributed by atoms with Crippen LogP contribution in [0.2, 0.25) is 0 Å². The van der Waals surface area contributed by atoms with Gasteiger partial charge in [0.15, 0.2) is 6.04 Å². The van der Waals surface area contributed by atoms with Crippen molar-refractivity contribution >= 4 is 28.9 Å². The number of benzene rings is 1. The van der Waals surface area contributed by atoms with Crippen LogP contribution < -0.4 is 0 Å². The zero-order valence-corrected chi connectivity index (χ0v) is 9.72. The van der Waals surface area contributed by atoms with E-state index in [4.69, 9.17) is 10.2 Å². The summed E-state index contributed by atoms with van der Waals surface area (Å²) in [6.45, 7) is 0. The van der Waals surface area contributed by atoms with Crippen LogP contribution in [0.3, 0.4) is 0 Å². The number of carboxylic acids is 1. The predicted octanol–water partition coefficient (Wildman–Crippen LogP) is 2.00. The van der Waals surface area contributed by atoms with E-state index in [9.17, 15) is 4.79 Å². The van der Waals surface area contributed by atoms with Crippen molar-refractivity contribution < 1.29 is 15.0 Å². The Kier molecular flexibility index (Phi) is 3.49. The summed E-state index contributed by atoms with van der Waals surface area (Å²) in [6.07, 6.45) is 3.63. The number of hydrogen-bond donors (Lipinski definition) is 2. The normalized spacial score (nSPS) is 19.5. The van der Waals surface area contributed by atoms with Crippen LogP contribution in [0.25, 0.3) is 6.08 Å². The number of phenolic OH excluding ortho intramolecular Hbond substituents is 1. The van der Waals surface area contributed by atoms with Gasteiger partial charge in [-0.05, 0) is 23.8 Å². The molecule has 2 N–H and O–H groups in total. The Hall–Kier alpha value is -1.75. The van der Waals surface area contributed by atoms with Crippen molar-refractivity contribution in [3.63, 3.8) is 0 Å². The van der Waals surface area contributed by atoms with Gasteiger partial charge >= 0.3 is 5.97 Å². The molecule has 0 saturated carbocycles. The highest BCUT2D eigenvalue weighted by Crippen LogP contribution is 2.20. The molecule has 5 heteroatoms. The largest absolute Gasteiger partial charge is 0.508 e. The lowest BCUT2D eigenvalue weighted by Crippen LogP contribution is -2.16. The van der Waals surface area contributed by atoms with Crippen LogP contribution in [-0.2, 0) is 4.79 Å². The second kappa shape index (κ2) is 5.05. The summed E-state index contributed by atoms with van der Waals surface area (Å²) in [6, 6.07) is 6.13. The molecule has 1 atom stereocenters. The van der Waals surface area contributed by atoms with Crippen molar-refractivity contribution in [2.75, 3.05) is 5.75 Å². The molecule has 1 aliphatic heterocycles. The summed E-state index contributed by atoms with van der Waals surface area (Å²) >= 11 is 1.43. The quantitative estimate of drug-likeness (QED) is 0.859. The Morgan fingerprint density at radius 3 is 2.65 bits per heavy atom. The van der Waals surface area contributed by atoms with E-state index < -0.39 is 12.0 Å². The van der Waals surface area contributed by atoms with Crippen LogP contribution in [0.1, 0.15) is 5.56 Å². The van der Waals surface area contributed by atoms with Crippen molar-refractivity contribution in [1.82, 2.24) is 0 Å². The van der Waals surface area contributed by atoms with E-state index >= 15 is 0 Å². The van der Waals surface area contributed by atoms with Gasteiger partial charge in [0.05, 0.1) is 5.04 Å². The highest BCUT2D eigenvalue weighted by atomic mass is 32.2. The van der Waals surface area contributed by atoms with Gasteiger partial charge in [-0.25, -0.2) is 4.79 Å². The minimum Gasteiger partial charge on any atom is -0.508 e. The van der Waals surface area contributed by atoms with Crippen molar-refractivity contribution in [1.29, 1.82) is 0 Å². The first-order valence-corrected chi connectivity index (χ1v) is 6.04. The summed E-state index contributed by atoms with van der Waals surface area (Å²) in [4.78, 5) is 14.8. The summed E-state index contributed by atoms with van der Waals surface area (Å²) in [7, 11) is 0. The molecule has 0 unspecified atom stereocenters. The molecule has 1 aromatic carbocycles. The number of phenols is 1. The van der Waals surface area contributed by atoms with Crippen LogP contribution in [0.4, 0.5) is 0 Å². The number of thioether (sulfide) groups is 1. The second-order valence-electron chi connectivity index (χ2n) is 3.56. The molecule has 4 nitrogen and oxygen atoms in total. The molecule has 0 amide bonds. The molecular weight excluding hydrogens is 238 g/mol. The van der Waals surface area contributed by atoms with E-state index in [0.717, 1.165) is 10.6 Å². The summed E-state index contributed by atoms with van der Waals surface area (Å²) in [5, 5.41) is 18.6. The molecule has 0 radical (unpaired) electrons. The maximum atomic E-state index is 10.7. The fraction of sp³-hybridized carbons (Fsp3) is 0.167. The highest BCUT2D eigenvalue weighted by molar-refractivity contribution is 8.14. The lowest BCUT2D eigenvalue weighted by molar-refractivity contribution is -0.137. The van der Waals surface area contributed by atoms with E-state index in [1.54, 1.807) is 30.3 Å². The number of rotatable bonds is 3. The SMILES string of the molecule is O=C(O)[C@H]1CSC(/C=C/c2ccc(O)cc2)=N1. The fourth-order valence-corrected chi connectivity index (χ4v) is 2.27. The summed E-state index contributed by atoms with van der Waals surface area (Å²) < 4.78 is 0. The zero-order valence-electron chi connectivity index (χ0n) is 8.91. The molecule has 0 saturated heterocycles. The average molecular weight is 249 g/mol. The van der Waals surface area contributed by atoms with Crippen LogP contribution in [0.15, 0.2) is 35.3 Å². The first-order chi connectivity index (χ1) is 8.15. The Balaban J connectivity index is 2.04. The number of nitrogens with zero attached hydrogens (tertiary/aromatic N) is 1. The molecule has 0 aliphatic carbocycles. The van der Waals surface area contributed by atoms with Gasteiger partial charge in [0, 0.05) is 5.75 Å². The number of hydrogen-bond acceptors (Lipinski definition) is 4. The van der Waals surface area contributed by atoms with E-state index in [1.807, 2.05) is 6.08 Å². The second-order valence-corrected chi connectivity index (χ2v) is 4.60. The molecule has 0 fully saturated rings. The smallest absolute Gasteiger partial charge is 0.329 e. The van der Waals surface area contributed by atoms with E-state index in [1.165, 1.54) is 11.8 Å². The summed E-state index contributed by atoms with van der Waals surface area (Å²) in [5.74, 6) is -0.170. The van der Waals surface area contributed by atoms with Gasteiger partial charge in [0.25, 0.3) is 0 Å². The molecule has 1 aromatic rings. The Morgan fingerprint density at radius 2 is 2.06 bits per heavy atom. The van der Waals surface area contributed by atoms with E-state index in [-0.39, 0.29) is 5.75 Å². The maximum Gasteiger partial charge on any atom is 0.329 e. The van der Waals surface area contributed by atoms with Crippen LogP contribution >= 0.6 is 11.8 Å². The third-order valence-corrected chi connectivity index (χ3v) is 3.29. The molecule has 0 bridgehead atoms. The number of carboxylic acid groups (broad SMARTS) is 1. The zero-order chi connectivity index (χ0) is 12.3. The van der Waals surface area contributed by atoms with Gasteiger partial charge < -0.3 is 10.2 Å². The Morgan fingerprint density at radius 1 is 1.35 bits per heavy atom. The van der Waals surface area contributed by atoms with Crippen LogP contribution in [-0.4, -0.2) is 33.0 Å². The molecule has 0 aromatic heterocycles. The van der Waals surface area contributed by atoms with Gasteiger partial charge in [-0.15, -0.1) is 11.8 Å². The lowest BCUT2D eigenvalue weighted by Gasteiger charge is -1.94. The Labute approximate surface area is 103 Å². The third-order valence-electron chi connectivity index (χ3n) is 2.27. The van der Waals surface area contributed by atoms with Crippen LogP contribution in [0.5, 0.6) is 5.75 Å². The Bertz CT molecular complexity index is 479. The highest BCUT2D eigenvalue weighted by Gasteiger charge is 2.22. The van der Waals surface area contributed by atoms with Crippen molar-refractivity contribution in [2.24, 2.45) is 4.99 Å². The molecule has 17 heavy (non-hydrogen) atoms. The lowest BCUT2D eigenvalue weighted by atomic mass is 10.2. The minimum atomic E-state index is -0.884. The predicted molar refractivity (Wildman–Crippen MR) is 68.5 cm³/mol. The summed E-state index contributed by atoms with van der Waals surface area (Å²) in [5.41, 5.74) is 0.935.